The highest BCUT2D eigenvalue weighted by atomic mass is 32.2. The molecular formula is C15H28N2O3S. The van der Waals surface area contributed by atoms with E-state index in [4.69, 9.17) is 0 Å². The van der Waals surface area contributed by atoms with Gasteiger partial charge in [0.05, 0.1) is 11.5 Å². The van der Waals surface area contributed by atoms with Crippen molar-refractivity contribution in [3.05, 3.63) is 0 Å². The van der Waals surface area contributed by atoms with Crippen LogP contribution >= 0.6 is 0 Å². The first-order chi connectivity index (χ1) is 9.85. The number of piperidine rings is 1. The highest BCUT2D eigenvalue weighted by molar-refractivity contribution is 7.91. The average molecular weight is 316 g/mol. The van der Waals surface area contributed by atoms with Gasteiger partial charge in [-0.25, -0.2) is 8.42 Å². The lowest BCUT2D eigenvalue weighted by Gasteiger charge is -2.35. The molecule has 21 heavy (non-hydrogen) atoms. The van der Waals surface area contributed by atoms with Crippen LogP contribution in [0.2, 0.25) is 0 Å². The molecule has 5 nitrogen and oxygen atoms in total. The molecule has 0 aromatic rings. The van der Waals surface area contributed by atoms with Gasteiger partial charge in [0.1, 0.15) is 0 Å². The highest BCUT2D eigenvalue weighted by Crippen LogP contribution is 2.21. The molecule has 0 aromatic carbocycles. The first-order valence-corrected chi connectivity index (χ1v) is 9.89. The van der Waals surface area contributed by atoms with Gasteiger partial charge in [-0.1, -0.05) is 6.92 Å². The third-order valence-electron chi connectivity index (χ3n) is 4.84. The van der Waals surface area contributed by atoms with E-state index in [1.807, 2.05) is 0 Å². The second-order valence-corrected chi connectivity index (χ2v) is 9.07. The van der Waals surface area contributed by atoms with Crippen LogP contribution < -0.4 is 5.32 Å². The summed E-state index contributed by atoms with van der Waals surface area (Å²) >= 11 is 0. The van der Waals surface area contributed by atoms with Gasteiger partial charge in [0.15, 0.2) is 9.84 Å². The topological polar surface area (TPSA) is 66.5 Å². The zero-order valence-electron chi connectivity index (χ0n) is 13.2. The Bertz CT molecular complexity index is 456. The molecule has 0 aliphatic carbocycles. The Morgan fingerprint density at radius 1 is 1.29 bits per heavy atom. The van der Waals surface area contributed by atoms with Crippen molar-refractivity contribution in [2.75, 3.05) is 31.1 Å². The van der Waals surface area contributed by atoms with E-state index < -0.39 is 9.84 Å². The molecule has 0 spiro atoms. The quantitative estimate of drug-likeness (QED) is 0.823. The minimum atomic E-state index is -2.88. The lowest BCUT2D eigenvalue weighted by atomic mass is 9.98. The zero-order chi connectivity index (χ0) is 15.5. The smallest absolute Gasteiger partial charge is 0.220 e. The number of nitrogens with zero attached hydrogens (tertiary/aromatic N) is 1. The number of likely N-dealkylation sites (tertiary alicyclic amines) is 1. The van der Waals surface area contributed by atoms with Gasteiger partial charge in [0, 0.05) is 19.0 Å². The molecule has 6 heteroatoms. The molecule has 0 saturated carbocycles. The van der Waals surface area contributed by atoms with Crippen LogP contribution in [0.5, 0.6) is 0 Å². The normalized spacial score (nSPS) is 28.4. The van der Waals surface area contributed by atoms with Gasteiger partial charge in [-0.05, 0) is 51.1 Å². The number of sulfone groups is 1. The highest BCUT2D eigenvalue weighted by Gasteiger charge is 2.29. The fourth-order valence-electron chi connectivity index (χ4n) is 3.23. The molecule has 2 rings (SSSR count). The Morgan fingerprint density at radius 3 is 2.52 bits per heavy atom. The molecule has 2 atom stereocenters. The van der Waals surface area contributed by atoms with E-state index in [2.05, 4.69) is 24.1 Å². The van der Waals surface area contributed by atoms with Crippen LogP contribution in [0.25, 0.3) is 0 Å². The van der Waals surface area contributed by atoms with Crippen molar-refractivity contribution in [3.8, 4) is 0 Å². The standard InChI is InChI=1S/C15H28N2O3S/c1-12-3-6-17(7-4-12)13(2)10-16-15(18)9-14-5-8-21(19,20)11-14/h12-14H,3-11H2,1-2H3,(H,16,18)/t13-,14-/m0/s1. The molecule has 2 fully saturated rings. The molecule has 0 bridgehead atoms. The van der Waals surface area contributed by atoms with Crippen molar-refractivity contribution >= 4 is 15.7 Å². The molecule has 0 aromatic heterocycles. The molecule has 2 heterocycles. The van der Waals surface area contributed by atoms with Gasteiger partial charge in [-0.3, -0.25) is 9.69 Å². The Labute approximate surface area is 128 Å². The molecule has 0 unspecified atom stereocenters. The fourth-order valence-corrected chi connectivity index (χ4v) is 5.09. The van der Waals surface area contributed by atoms with E-state index in [0.717, 1.165) is 19.0 Å². The van der Waals surface area contributed by atoms with E-state index in [9.17, 15) is 13.2 Å². The molecule has 2 aliphatic heterocycles. The predicted octanol–water partition coefficient (Wildman–Crippen LogP) is 1.05. The Balaban J connectivity index is 1.67. The predicted molar refractivity (Wildman–Crippen MR) is 83.8 cm³/mol. The van der Waals surface area contributed by atoms with Gasteiger partial charge in [-0.2, -0.15) is 0 Å². The van der Waals surface area contributed by atoms with E-state index >= 15 is 0 Å². The number of carbonyl (C=O) groups is 1. The van der Waals surface area contributed by atoms with Crippen molar-refractivity contribution in [2.24, 2.45) is 11.8 Å². The fraction of sp³-hybridized carbons (Fsp3) is 0.933. The third-order valence-corrected chi connectivity index (χ3v) is 6.67. The van der Waals surface area contributed by atoms with Crippen LogP contribution in [-0.2, 0) is 14.6 Å². The number of amides is 1. The molecule has 2 aliphatic rings. The maximum atomic E-state index is 11.9. The van der Waals surface area contributed by atoms with Gasteiger partial charge in [0.2, 0.25) is 5.91 Å². The largest absolute Gasteiger partial charge is 0.355 e. The number of hydrogen-bond donors (Lipinski definition) is 1. The second-order valence-electron chi connectivity index (χ2n) is 6.84. The third kappa shape index (κ3) is 5.25. The summed E-state index contributed by atoms with van der Waals surface area (Å²) in [5.74, 6) is 1.25. The Hall–Kier alpha value is -0.620. The maximum Gasteiger partial charge on any atom is 0.220 e. The average Bonchev–Trinajstić information content (AvgIpc) is 2.76. The summed E-state index contributed by atoms with van der Waals surface area (Å²) in [5, 5.41) is 2.97. The Kier molecular flexibility index (Phi) is 5.66. The van der Waals surface area contributed by atoms with Crippen LogP contribution in [0.3, 0.4) is 0 Å². The van der Waals surface area contributed by atoms with E-state index in [0.29, 0.717) is 25.4 Å². The van der Waals surface area contributed by atoms with Crippen LogP contribution in [-0.4, -0.2) is 56.4 Å². The lowest BCUT2D eigenvalue weighted by molar-refractivity contribution is -0.122. The number of rotatable bonds is 5. The lowest BCUT2D eigenvalue weighted by Crippen LogP contribution is -2.45. The summed E-state index contributed by atoms with van der Waals surface area (Å²) in [6, 6.07) is 0.355. The summed E-state index contributed by atoms with van der Waals surface area (Å²) in [7, 11) is -2.88. The molecule has 0 radical (unpaired) electrons. The van der Waals surface area contributed by atoms with Gasteiger partial charge in [-0.15, -0.1) is 0 Å². The van der Waals surface area contributed by atoms with Gasteiger partial charge >= 0.3 is 0 Å². The number of nitrogens with one attached hydrogen (secondary N) is 1. The van der Waals surface area contributed by atoms with Crippen LogP contribution in [0.1, 0.15) is 39.5 Å². The maximum absolute atomic E-state index is 11.9. The Morgan fingerprint density at radius 2 is 1.95 bits per heavy atom. The molecule has 2 saturated heterocycles. The number of carbonyl (C=O) groups excluding carboxylic acids is 1. The van der Waals surface area contributed by atoms with Crippen molar-refractivity contribution < 1.29 is 13.2 Å². The molecule has 122 valence electrons. The van der Waals surface area contributed by atoms with Crippen LogP contribution in [0.4, 0.5) is 0 Å². The van der Waals surface area contributed by atoms with Crippen LogP contribution in [0.15, 0.2) is 0 Å². The second kappa shape index (κ2) is 7.09. The van der Waals surface area contributed by atoms with Crippen molar-refractivity contribution in [1.29, 1.82) is 0 Å². The summed E-state index contributed by atoms with van der Waals surface area (Å²) < 4.78 is 22.8. The molecule has 1 N–H and O–H groups in total. The first-order valence-electron chi connectivity index (χ1n) is 8.07. The van der Waals surface area contributed by atoms with Crippen molar-refractivity contribution in [2.45, 2.75) is 45.6 Å². The molecule has 1 amide bonds. The van der Waals surface area contributed by atoms with Crippen molar-refractivity contribution in [3.63, 3.8) is 0 Å². The van der Waals surface area contributed by atoms with E-state index in [1.165, 1.54) is 12.8 Å². The summed E-state index contributed by atoms with van der Waals surface area (Å²) in [6.07, 6.45) is 3.45. The first kappa shape index (κ1) is 16.7. The summed E-state index contributed by atoms with van der Waals surface area (Å²) in [4.78, 5) is 14.4. The van der Waals surface area contributed by atoms with Crippen LogP contribution in [0, 0.1) is 11.8 Å². The van der Waals surface area contributed by atoms with E-state index in [-0.39, 0.29) is 23.3 Å². The minimum absolute atomic E-state index is 0.00525. The number of hydrogen-bond acceptors (Lipinski definition) is 4. The monoisotopic (exact) mass is 316 g/mol. The zero-order valence-corrected chi connectivity index (χ0v) is 14.0. The minimum Gasteiger partial charge on any atom is -0.355 e. The summed E-state index contributed by atoms with van der Waals surface area (Å²) in [5.41, 5.74) is 0. The van der Waals surface area contributed by atoms with Crippen molar-refractivity contribution in [1.82, 2.24) is 10.2 Å². The summed E-state index contributed by atoms with van der Waals surface area (Å²) in [6.45, 7) is 7.32. The van der Waals surface area contributed by atoms with Gasteiger partial charge < -0.3 is 5.32 Å². The van der Waals surface area contributed by atoms with E-state index in [1.54, 1.807) is 0 Å². The van der Waals surface area contributed by atoms with Gasteiger partial charge in [0.25, 0.3) is 0 Å². The molecular weight excluding hydrogens is 288 g/mol. The SMILES string of the molecule is CC1CCN([C@@H](C)CNC(=O)C[C@@H]2CCS(=O)(=O)C2)CC1.